The van der Waals surface area contributed by atoms with Crippen molar-refractivity contribution in [1.29, 1.82) is 0 Å². The number of rotatable bonds is 6. The van der Waals surface area contributed by atoms with E-state index in [1.807, 2.05) is 30.3 Å². The van der Waals surface area contributed by atoms with Crippen LogP contribution < -0.4 is 5.32 Å². The Labute approximate surface area is 194 Å². The molecule has 0 radical (unpaired) electrons. The first-order valence-electron chi connectivity index (χ1n) is 10.1. The van der Waals surface area contributed by atoms with Gasteiger partial charge in [-0.25, -0.2) is 4.79 Å². The van der Waals surface area contributed by atoms with E-state index in [4.69, 9.17) is 16.3 Å². The van der Waals surface area contributed by atoms with Crippen molar-refractivity contribution >= 4 is 41.0 Å². The van der Waals surface area contributed by atoms with Gasteiger partial charge >= 0.3 is 5.97 Å². The van der Waals surface area contributed by atoms with Crippen LogP contribution in [0.3, 0.4) is 0 Å². The summed E-state index contributed by atoms with van der Waals surface area (Å²) in [5.74, 6) is -2.27. The molecule has 0 fully saturated rings. The highest BCUT2D eigenvalue weighted by atomic mass is 35.5. The normalized spacial score (nSPS) is 13.5. The highest BCUT2D eigenvalue weighted by Gasteiger charge is 2.39. The number of nitrogens with one attached hydrogen (secondary N) is 1. The van der Waals surface area contributed by atoms with E-state index in [2.05, 4.69) is 5.32 Å². The van der Waals surface area contributed by atoms with Crippen molar-refractivity contribution in [2.45, 2.75) is 13.0 Å². The Morgan fingerprint density at radius 3 is 2.33 bits per heavy atom. The maximum absolute atomic E-state index is 13.0. The molecule has 0 aromatic heterocycles. The van der Waals surface area contributed by atoms with E-state index in [1.165, 1.54) is 23.1 Å². The number of hydrogen-bond acceptors (Lipinski definition) is 5. The van der Waals surface area contributed by atoms with Gasteiger partial charge in [0, 0.05) is 0 Å². The quantitative estimate of drug-likeness (QED) is 0.430. The second kappa shape index (κ2) is 9.26. The molecule has 1 aliphatic heterocycles. The molecule has 1 heterocycles. The number of ether oxygens (including phenoxy) is 1. The first-order valence-corrected chi connectivity index (χ1v) is 10.5. The first kappa shape index (κ1) is 22.2. The molecule has 33 heavy (non-hydrogen) atoms. The lowest BCUT2D eigenvalue weighted by Gasteiger charge is -2.22. The zero-order valence-electron chi connectivity index (χ0n) is 17.6. The minimum absolute atomic E-state index is 0.0645. The minimum atomic E-state index is -0.790. The molecular weight excluding hydrogens is 444 g/mol. The lowest BCUT2D eigenvalue weighted by molar-refractivity contribution is -0.119. The van der Waals surface area contributed by atoms with Gasteiger partial charge < -0.3 is 10.1 Å². The summed E-state index contributed by atoms with van der Waals surface area (Å²) in [5, 5.41) is 2.91. The number of amides is 3. The van der Waals surface area contributed by atoms with Crippen LogP contribution in [0.2, 0.25) is 5.02 Å². The third-order valence-corrected chi connectivity index (χ3v) is 5.63. The van der Waals surface area contributed by atoms with E-state index >= 15 is 0 Å². The predicted molar refractivity (Wildman–Crippen MR) is 122 cm³/mol. The highest BCUT2D eigenvalue weighted by molar-refractivity contribution is 6.33. The molecule has 8 heteroatoms. The summed E-state index contributed by atoms with van der Waals surface area (Å²) < 4.78 is 5.06. The van der Waals surface area contributed by atoms with Crippen molar-refractivity contribution in [1.82, 2.24) is 4.90 Å². The van der Waals surface area contributed by atoms with Gasteiger partial charge in [-0.2, -0.15) is 0 Å². The molecule has 0 saturated carbocycles. The standard InChI is InChI=1S/C25H19ClN2O5/c1-15(16-7-3-2-4-8-16)28-23(30)18-12-11-17(13-19(18)24(28)31)25(32)33-14-22(29)27-21-10-6-5-9-20(21)26/h2-13,15H,14H2,1H3,(H,27,29)/t15-/m0/s1. The average molecular weight is 463 g/mol. The lowest BCUT2D eigenvalue weighted by atomic mass is 10.1. The van der Waals surface area contributed by atoms with E-state index in [9.17, 15) is 19.2 Å². The largest absolute Gasteiger partial charge is 0.452 e. The van der Waals surface area contributed by atoms with Gasteiger partial charge in [0.15, 0.2) is 6.61 Å². The molecular formula is C25H19ClN2O5. The average Bonchev–Trinajstić information content (AvgIpc) is 3.08. The lowest BCUT2D eigenvalue weighted by Crippen LogP contribution is -2.32. The number of halogens is 1. The number of para-hydroxylation sites is 1. The molecule has 3 aromatic rings. The van der Waals surface area contributed by atoms with E-state index in [1.54, 1.807) is 31.2 Å². The van der Waals surface area contributed by atoms with Crippen LogP contribution in [-0.4, -0.2) is 35.2 Å². The van der Waals surface area contributed by atoms with E-state index in [-0.39, 0.29) is 16.7 Å². The molecule has 0 bridgehead atoms. The van der Waals surface area contributed by atoms with E-state index < -0.39 is 36.3 Å². The fourth-order valence-electron chi connectivity index (χ4n) is 3.58. The fraction of sp³-hybridized carbons (Fsp3) is 0.120. The summed E-state index contributed by atoms with van der Waals surface area (Å²) in [6.07, 6.45) is 0. The van der Waals surface area contributed by atoms with Gasteiger partial charge in [-0.15, -0.1) is 0 Å². The van der Waals surface area contributed by atoms with Crippen molar-refractivity contribution in [2.75, 3.05) is 11.9 Å². The van der Waals surface area contributed by atoms with Gasteiger partial charge in [-0.3, -0.25) is 19.3 Å². The number of hydrogen-bond donors (Lipinski definition) is 1. The number of carbonyl (C=O) groups is 4. The van der Waals surface area contributed by atoms with Crippen LogP contribution in [0.15, 0.2) is 72.8 Å². The third kappa shape index (κ3) is 4.49. The fourth-order valence-corrected chi connectivity index (χ4v) is 3.77. The van der Waals surface area contributed by atoms with Crippen molar-refractivity contribution in [2.24, 2.45) is 0 Å². The maximum atomic E-state index is 13.0. The van der Waals surface area contributed by atoms with Crippen LogP contribution in [0.25, 0.3) is 0 Å². The SMILES string of the molecule is C[C@@H](c1ccccc1)N1C(=O)c2ccc(C(=O)OCC(=O)Nc3ccccc3Cl)cc2C1=O. The van der Waals surface area contributed by atoms with Crippen molar-refractivity contribution in [3.05, 3.63) is 100 Å². The highest BCUT2D eigenvalue weighted by Crippen LogP contribution is 2.31. The summed E-state index contributed by atoms with van der Waals surface area (Å²) in [7, 11) is 0. The number of benzene rings is 3. The molecule has 7 nitrogen and oxygen atoms in total. The summed E-state index contributed by atoms with van der Waals surface area (Å²) >= 11 is 5.99. The van der Waals surface area contributed by atoms with Gasteiger partial charge in [0.1, 0.15) is 0 Å². The van der Waals surface area contributed by atoms with Gasteiger partial charge in [-0.1, -0.05) is 54.1 Å². The second-order valence-corrected chi connectivity index (χ2v) is 7.84. The van der Waals surface area contributed by atoms with Crippen molar-refractivity contribution in [3.8, 4) is 0 Å². The summed E-state index contributed by atoms with van der Waals surface area (Å²) in [5.41, 5.74) is 1.62. The maximum Gasteiger partial charge on any atom is 0.338 e. The van der Waals surface area contributed by atoms with Crippen molar-refractivity contribution < 1.29 is 23.9 Å². The zero-order chi connectivity index (χ0) is 23.5. The molecule has 3 amide bonds. The number of anilines is 1. The second-order valence-electron chi connectivity index (χ2n) is 7.43. The van der Waals surface area contributed by atoms with E-state index in [0.717, 1.165) is 5.56 Å². The van der Waals surface area contributed by atoms with Gasteiger partial charge in [0.2, 0.25) is 0 Å². The van der Waals surface area contributed by atoms with E-state index in [0.29, 0.717) is 10.7 Å². The number of carbonyl (C=O) groups excluding carboxylic acids is 4. The van der Waals surface area contributed by atoms with Crippen LogP contribution in [0.5, 0.6) is 0 Å². The van der Waals surface area contributed by atoms with Crippen LogP contribution in [-0.2, 0) is 9.53 Å². The van der Waals surface area contributed by atoms with Gasteiger partial charge in [-0.05, 0) is 42.8 Å². The van der Waals surface area contributed by atoms with Crippen LogP contribution in [0.4, 0.5) is 5.69 Å². The number of imide groups is 1. The Kier molecular flexibility index (Phi) is 6.24. The van der Waals surface area contributed by atoms with Crippen LogP contribution >= 0.6 is 11.6 Å². The first-order chi connectivity index (χ1) is 15.9. The van der Waals surface area contributed by atoms with Gasteiger partial charge in [0.05, 0.1) is 33.4 Å². The monoisotopic (exact) mass is 462 g/mol. The summed E-state index contributed by atoms with van der Waals surface area (Å²) in [6, 6.07) is 19.5. The third-order valence-electron chi connectivity index (χ3n) is 5.31. The molecule has 3 aromatic carbocycles. The number of esters is 1. The number of fused-ring (bicyclic) bond motifs is 1. The molecule has 166 valence electrons. The minimum Gasteiger partial charge on any atom is -0.452 e. The Morgan fingerprint density at radius 2 is 1.61 bits per heavy atom. The topological polar surface area (TPSA) is 92.8 Å². The smallest absolute Gasteiger partial charge is 0.338 e. The Bertz CT molecular complexity index is 1260. The molecule has 4 rings (SSSR count). The summed E-state index contributed by atoms with van der Waals surface area (Å²) in [6.45, 7) is 1.23. The molecule has 1 N–H and O–H groups in total. The molecule has 1 aliphatic rings. The van der Waals surface area contributed by atoms with Gasteiger partial charge in [0.25, 0.3) is 17.7 Å². The Balaban J connectivity index is 1.45. The molecule has 1 atom stereocenters. The Hall–Kier alpha value is -3.97. The molecule has 0 aliphatic carbocycles. The zero-order valence-corrected chi connectivity index (χ0v) is 18.3. The predicted octanol–water partition coefficient (Wildman–Crippen LogP) is 4.49. The van der Waals surface area contributed by atoms with Crippen LogP contribution in [0.1, 0.15) is 49.6 Å². The molecule has 0 unspecified atom stereocenters. The molecule has 0 saturated heterocycles. The molecule has 0 spiro atoms. The van der Waals surface area contributed by atoms with Crippen LogP contribution in [0, 0.1) is 0 Å². The number of nitrogens with zero attached hydrogens (tertiary/aromatic N) is 1. The summed E-state index contributed by atoms with van der Waals surface area (Å²) in [4.78, 5) is 51.5. The Morgan fingerprint density at radius 1 is 0.939 bits per heavy atom. The van der Waals surface area contributed by atoms with Crippen molar-refractivity contribution in [3.63, 3.8) is 0 Å².